The summed E-state index contributed by atoms with van der Waals surface area (Å²) < 4.78 is 5.01. The highest BCUT2D eigenvalue weighted by Gasteiger charge is 2.15. The largest absolute Gasteiger partial charge is 0.462 e. The van der Waals surface area contributed by atoms with Gasteiger partial charge in [0.05, 0.1) is 12.2 Å². The lowest BCUT2D eigenvalue weighted by Crippen LogP contribution is -2.10. The number of hydrogen-bond acceptors (Lipinski definition) is 3. The summed E-state index contributed by atoms with van der Waals surface area (Å²) in [4.78, 5) is 22.7. The molecular formula is C12H13ClO3. The second-order valence-electron chi connectivity index (χ2n) is 3.31. The maximum atomic E-state index is 11.6. The van der Waals surface area contributed by atoms with Gasteiger partial charge < -0.3 is 4.74 Å². The minimum atomic E-state index is -0.650. The van der Waals surface area contributed by atoms with Crippen molar-refractivity contribution >= 4 is 22.8 Å². The lowest BCUT2D eigenvalue weighted by Gasteiger charge is -2.06. The maximum absolute atomic E-state index is 11.6. The molecule has 0 atom stereocenters. The Kier molecular flexibility index (Phi) is 4.99. The molecule has 16 heavy (non-hydrogen) atoms. The Hall–Kier alpha value is -1.35. The smallest absolute Gasteiger partial charge is 0.338 e. The molecular weight excluding hydrogens is 228 g/mol. The molecule has 1 rings (SSSR count). The van der Waals surface area contributed by atoms with Crippen LogP contribution in [0.25, 0.3) is 0 Å². The average Bonchev–Trinajstić information content (AvgIpc) is 2.29. The fraction of sp³-hybridized carbons (Fsp3) is 0.333. The highest BCUT2D eigenvalue weighted by Crippen LogP contribution is 2.13. The zero-order valence-electron chi connectivity index (χ0n) is 9.03. The number of carbonyl (C=O) groups is 2. The van der Waals surface area contributed by atoms with E-state index in [-0.39, 0.29) is 11.1 Å². The number of rotatable bonds is 5. The first-order chi connectivity index (χ1) is 7.66. The van der Waals surface area contributed by atoms with Crippen molar-refractivity contribution in [1.29, 1.82) is 0 Å². The van der Waals surface area contributed by atoms with Crippen LogP contribution < -0.4 is 0 Å². The summed E-state index contributed by atoms with van der Waals surface area (Å²) >= 11 is 5.37. The molecule has 0 saturated carbocycles. The number of esters is 1. The molecule has 0 aliphatic rings. The fourth-order valence-corrected chi connectivity index (χ4v) is 1.38. The second-order valence-corrected chi connectivity index (χ2v) is 3.65. The van der Waals surface area contributed by atoms with E-state index in [1.54, 1.807) is 12.1 Å². The molecule has 0 aromatic heterocycles. The molecule has 1 aromatic carbocycles. The van der Waals surface area contributed by atoms with Gasteiger partial charge in [0.25, 0.3) is 5.24 Å². The molecule has 0 saturated heterocycles. The summed E-state index contributed by atoms with van der Waals surface area (Å²) in [6.07, 6.45) is 1.76. The van der Waals surface area contributed by atoms with Crippen LogP contribution in [0.3, 0.4) is 0 Å². The number of ether oxygens (including phenoxy) is 1. The van der Waals surface area contributed by atoms with Crippen molar-refractivity contribution in [2.75, 3.05) is 6.61 Å². The molecule has 0 amide bonds. The van der Waals surface area contributed by atoms with Gasteiger partial charge in [0, 0.05) is 5.56 Å². The van der Waals surface area contributed by atoms with Crippen LogP contribution in [0.1, 0.15) is 40.5 Å². The van der Waals surface area contributed by atoms with E-state index in [4.69, 9.17) is 16.3 Å². The SMILES string of the molecule is CCCCOC(=O)c1ccccc1C(=O)Cl. The lowest BCUT2D eigenvalue weighted by atomic mass is 10.1. The zero-order valence-corrected chi connectivity index (χ0v) is 9.79. The van der Waals surface area contributed by atoms with Gasteiger partial charge in [-0.05, 0) is 30.2 Å². The number of hydrogen-bond donors (Lipinski definition) is 0. The normalized spacial score (nSPS) is 9.88. The molecule has 4 heteroatoms. The molecule has 0 unspecified atom stereocenters. The van der Waals surface area contributed by atoms with Gasteiger partial charge in [-0.15, -0.1) is 0 Å². The van der Waals surface area contributed by atoms with E-state index < -0.39 is 11.2 Å². The van der Waals surface area contributed by atoms with Crippen molar-refractivity contribution in [3.05, 3.63) is 35.4 Å². The number of carbonyl (C=O) groups excluding carboxylic acids is 2. The Morgan fingerprint density at radius 3 is 2.44 bits per heavy atom. The molecule has 0 aliphatic heterocycles. The highest BCUT2D eigenvalue weighted by molar-refractivity contribution is 6.68. The van der Waals surface area contributed by atoms with Gasteiger partial charge in [-0.3, -0.25) is 4.79 Å². The predicted molar refractivity (Wildman–Crippen MR) is 61.8 cm³/mol. The molecule has 0 spiro atoms. The Labute approximate surface area is 99.4 Å². The van der Waals surface area contributed by atoms with Crippen LogP contribution in [0.4, 0.5) is 0 Å². The molecule has 0 bridgehead atoms. The highest BCUT2D eigenvalue weighted by atomic mass is 35.5. The number of unbranched alkanes of at least 4 members (excludes halogenated alkanes) is 1. The predicted octanol–water partition coefficient (Wildman–Crippen LogP) is 3.02. The topological polar surface area (TPSA) is 43.4 Å². The Bertz CT molecular complexity index is 388. The van der Waals surface area contributed by atoms with Gasteiger partial charge >= 0.3 is 5.97 Å². The van der Waals surface area contributed by atoms with Crippen LogP contribution in [-0.2, 0) is 4.74 Å². The van der Waals surface area contributed by atoms with Crippen molar-refractivity contribution in [1.82, 2.24) is 0 Å². The van der Waals surface area contributed by atoms with E-state index in [9.17, 15) is 9.59 Å². The minimum Gasteiger partial charge on any atom is -0.462 e. The van der Waals surface area contributed by atoms with E-state index in [0.29, 0.717) is 6.61 Å². The minimum absolute atomic E-state index is 0.186. The summed E-state index contributed by atoms with van der Waals surface area (Å²) in [6, 6.07) is 6.35. The van der Waals surface area contributed by atoms with Crippen molar-refractivity contribution in [2.24, 2.45) is 0 Å². The average molecular weight is 241 g/mol. The van der Waals surface area contributed by atoms with Crippen LogP contribution in [0.5, 0.6) is 0 Å². The monoisotopic (exact) mass is 240 g/mol. The molecule has 3 nitrogen and oxygen atoms in total. The standard InChI is InChI=1S/C12H13ClO3/c1-2-3-8-16-12(15)10-7-5-4-6-9(10)11(13)14/h4-7H,2-3,8H2,1H3. The molecule has 0 fully saturated rings. The molecule has 0 radical (unpaired) electrons. The summed E-state index contributed by atoms with van der Waals surface area (Å²) in [6.45, 7) is 2.37. The molecule has 86 valence electrons. The van der Waals surface area contributed by atoms with Crippen LogP contribution in [-0.4, -0.2) is 17.8 Å². The summed E-state index contributed by atoms with van der Waals surface area (Å²) in [5.74, 6) is -0.502. The van der Waals surface area contributed by atoms with Crippen LogP contribution in [0.15, 0.2) is 24.3 Å². The first-order valence-corrected chi connectivity index (χ1v) is 5.50. The number of benzene rings is 1. The third kappa shape index (κ3) is 3.35. The van der Waals surface area contributed by atoms with E-state index in [1.807, 2.05) is 6.92 Å². The lowest BCUT2D eigenvalue weighted by molar-refractivity contribution is 0.0497. The molecule has 0 heterocycles. The van der Waals surface area contributed by atoms with Crippen molar-refractivity contribution in [3.63, 3.8) is 0 Å². The maximum Gasteiger partial charge on any atom is 0.338 e. The van der Waals surface area contributed by atoms with Gasteiger partial charge in [0.2, 0.25) is 0 Å². The van der Waals surface area contributed by atoms with E-state index in [1.165, 1.54) is 12.1 Å². The van der Waals surface area contributed by atoms with Gasteiger partial charge in [-0.2, -0.15) is 0 Å². The Morgan fingerprint density at radius 2 is 1.88 bits per heavy atom. The van der Waals surface area contributed by atoms with Crippen molar-refractivity contribution in [2.45, 2.75) is 19.8 Å². The van der Waals surface area contributed by atoms with E-state index in [0.717, 1.165) is 12.8 Å². The number of halogens is 1. The van der Waals surface area contributed by atoms with Gasteiger partial charge in [0.15, 0.2) is 0 Å². The summed E-state index contributed by atoms with van der Waals surface area (Å²) in [5.41, 5.74) is 0.407. The summed E-state index contributed by atoms with van der Waals surface area (Å²) in [7, 11) is 0. The Morgan fingerprint density at radius 1 is 1.25 bits per heavy atom. The van der Waals surface area contributed by atoms with E-state index >= 15 is 0 Å². The van der Waals surface area contributed by atoms with Gasteiger partial charge in [0.1, 0.15) is 0 Å². The fourth-order valence-electron chi connectivity index (χ4n) is 1.22. The van der Waals surface area contributed by atoms with E-state index in [2.05, 4.69) is 0 Å². The van der Waals surface area contributed by atoms with Crippen LogP contribution in [0, 0.1) is 0 Å². The zero-order chi connectivity index (χ0) is 12.0. The second kappa shape index (κ2) is 6.28. The molecule has 0 N–H and O–H groups in total. The van der Waals surface area contributed by atoms with Gasteiger partial charge in [-0.25, -0.2) is 4.79 Å². The third-order valence-electron chi connectivity index (χ3n) is 2.09. The first kappa shape index (κ1) is 12.7. The third-order valence-corrected chi connectivity index (χ3v) is 2.29. The summed E-state index contributed by atoms with van der Waals surface area (Å²) in [5, 5.41) is -0.650. The molecule has 1 aromatic rings. The van der Waals surface area contributed by atoms with Gasteiger partial charge in [-0.1, -0.05) is 25.5 Å². The Balaban J connectivity index is 2.78. The molecule has 0 aliphatic carbocycles. The first-order valence-electron chi connectivity index (χ1n) is 5.12. The quantitative estimate of drug-likeness (QED) is 0.451. The van der Waals surface area contributed by atoms with Crippen LogP contribution >= 0.6 is 11.6 Å². The van der Waals surface area contributed by atoms with Crippen LogP contribution in [0.2, 0.25) is 0 Å². The van der Waals surface area contributed by atoms with Crippen molar-refractivity contribution in [3.8, 4) is 0 Å². The van der Waals surface area contributed by atoms with Crippen molar-refractivity contribution < 1.29 is 14.3 Å².